The Kier molecular flexibility index (Phi) is 6.68. The summed E-state index contributed by atoms with van der Waals surface area (Å²) in [4.78, 5) is 11.5. The molecule has 2 N–H and O–H groups in total. The fraction of sp³-hybridized carbons (Fsp3) is 0.462. The Balaban J connectivity index is 2.33. The summed E-state index contributed by atoms with van der Waals surface area (Å²) in [5, 5.41) is 6.64. The monoisotopic (exact) mass is 332 g/mol. The van der Waals surface area contributed by atoms with Gasteiger partial charge in [0.15, 0.2) is 0 Å². The van der Waals surface area contributed by atoms with Crippen molar-refractivity contribution in [2.45, 2.75) is 20.4 Å². The molecule has 3 nitrogen and oxygen atoms in total. The van der Waals surface area contributed by atoms with Gasteiger partial charge in [0.25, 0.3) is 0 Å². The first kappa shape index (κ1) is 15.5. The first-order valence-corrected chi connectivity index (χ1v) is 7.07. The van der Waals surface area contributed by atoms with Crippen LogP contribution in [-0.4, -0.2) is 19.0 Å². The minimum atomic E-state index is 0.0156. The molecule has 0 aromatic heterocycles. The highest BCUT2D eigenvalue weighted by Gasteiger charge is 2.04. The van der Waals surface area contributed by atoms with Gasteiger partial charge in [0, 0.05) is 22.6 Å². The van der Waals surface area contributed by atoms with E-state index in [9.17, 15) is 4.79 Å². The van der Waals surface area contributed by atoms with Crippen molar-refractivity contribution in [1.29, 1.82) is 0 Å². The molecule has 1 amide bonds. The molecule has 0 bridgehead atoms. The van der Waals surface area contributed by atoms with Crippen LogP contribution in [0.15, 0.2) is 22.7 Å². The predicted molar refractivity (Wildman–Crippen MR) is 78.7 cm³/mol. The number of carbonyl (C=O) groups is 1. The Morgan fingerprint density at radius 2 is 2.17 bits per heavy atom. The molecule has 18 heavy (non-hydrogen) atoms. The average molecular weight is 334 g/mol. The van der Waals surface area contributed by atoms with E-state index in [1.807, 2.05) is 18.2 Å². The van der Waals surface area contributed by atoms with Crippen molar-refractivity contribution in [3.8, 4) is 0 Å². The van der Waals surface area contributed by atoms with Crippen LogP contribution in [0.4, 0.5) is 0 Å². The topological polar surface area (TPSA) is 41.1 Å². The minimum Gasteiger partial charge on any atom is -0.355 e. The molecular weight excluding hydrogens is 316 g/mol. The van der Waals surface area contributed by atoms with Gasteiger partial charge in [-0.15, -0.1) is 0 Å². The van der Waals surface area contributed by atoms with Crippen LogP contribution in [0.25, 0.3) is 0 Å². The summed E-state index contributed by atoms with van der Waals surface area (Å²) >= 11 is 9.36. The lowest BCUT2D eigenvalue weighted by Gasteiger charge is -2.09. The zero-order valence-corrected chi connectivity index (χ0v) is 12.9. The maximum atomic E-state index is 11.5. The van der Waals surface area contributed by atoms with Gasteiger partial charge in [-0.1, -0.05) is 41.4 Å². The molecule has 0 atom stereocenters. The highest BCUT2D eigenvalue weighted by Crippen LogP contribution is 2.20. The van der Waals surface area contributed by atoms with Gasteiger partial charge in [-0.3, -0.25) is 4.79 Å². The van der Waals surface area contributed by atoms with Crippen LogP contribution in [0.2, 0.25) is 5.02 Å². The second-order valence-electron chi connectivity index (χ2n) is 4.54. The molecule has 0 radical (unpaired) electrons. The zero-order chi connectivity index (χ0) is 13.5. The van der Waals surface area contributed by atoms with E-state index in [0.717, 1.165) is 10.0 Å². The summed E-state index contributed by atoms with van der Waals surface area (Å²) < 4.78 is 0.988. The molecule has 0 aliphatic rings. The smallest absolute Gasteiger partial charge is 0.233 e. The number of amides is 1. The van der Waals surface area contributed by atoms with Crippen molar-refractivity contribution in [1.82, 2.24) is 10.6 Å². The van der Waals surface area contributed by atoms with E-state index in [4.69, 9.17) is 11.6 Å². The molecule has 5 heteroatoms. The fourth-order valence-corrected chi connectivity index (χ4v) is 1.95. The lowest BCUT2D eigenvalue weighted by atomic mass is 10.2. The van der Waals surface area contributed by atoms with Crippen LogP contribution in [0.3, 0.4) is 0 Å². The van der Waals surface area contributed by atoms with E-state index < -0.39 is 0 Å². The van der Waals surface area contributed by atoms with Crippen LogP contribution in [0, 0.1) is 5.92 Å². The van der Waals surface area contributed by atoms with Crippen molar-refractivity contribution in [2.24, 2.45) is 5.92 Å². The Hall–Kier alpha value is -0.580. The van der Waals surface area contributed by atoms with Crippen molar-refractivity contribution in [3.63, 3.8) is 0 Å². The van der Waals surface area contributed by atoms with Crippen LogP contribution in [0.1, 0.15) is 19.4 Å². The Bertz CT molecular complexity index is 410. The molecule has 0 heterocycles. The predicted octanol–water partition coefficient (Wildman–Crippen LogP) is 2.96. The molecule has 1 aromatic rings. The van der Waals surface area contributed by atoms with Gasteiger partial charge >= 0.3 is 0 Å². The average Bonchev–Trinajstić information content (AvgIpc) is 2.31. The third kappa shape index (κ3) is 5.85. The summed E-state index contributed by atoms with van der Waals surface area (Å²) in [6, 6.07) is 5.60. The number of carbonyl (C=O) groups excluding carboxylic acids is 1. The van der Waals surface area contributed by atoms with Crippen LogP contribution >= 0.6 is 27.5 Å². The molecule has 0 fully saturated rings. The van der Waals surface area contributed by atoms with Crippen molar-refractivity contribution in [3.05, 3.63) is 33.3 Å². The summed E-state index contributed by atoms with van der Waals surface area (Å²) in [7, 11) is 0. The number of halogens is 2. The highest BCUT2D eigenvalue weighted by molar-refractivity contribution is 9.10. The maximum absolute atomic E-state index is 11.5. The van der Waals surface area contributed by atoms with Crippen molar-refractivity contribution in [2.75, 3.05) is 13.1 Å². The van der Waals surface area contributed by atoms with Gasteiger partial charge in [0.1, 0.15) is 0 Å². The second-order valence-corrected chi connectivity index (χ2v) is 5.83. The zero-order valence-electron chi connectivity index (χ0n) is 10.6. The summed E-state index contributed by atoms with van der Waals surface area (Å²) in [5.41, 5.74) is 1.04. The SMILES string of the molecule is CC(C)CNC(=O)CNCc1cc(Cl)ccc1Br. The van der Waals surface area contributed by atoms with Crippen LogP contribution in [-0.2, 0) is 11.3 Å². The van der Waals surface area contributed by atoms with E-state index in [1.165, 1.54) is 0 Å². The minimum absolute atomic E-state index is 0.0156. The molecule has 1 aromatic carbocycles. The summed E-state index contributed by atoms with van der Waals surface area (Å²) in [6.45, 7) is 5.76. The molecule has 1 rings (SSSR count). The van der Waals surface area contributed by atoms with Crippen LogP contribution < -0.4 is 10.6 Å². The fourth-order valence-electron chi connectivity index (χ4n) is 1.37. The largest absolute Gasteiger partial charge is 0.355 e. The van der Waals surface area contributed by atoms with E-state index in [2.05, 4.69) is 40.4 Å². The number of hydrogen-bond acceptors (Lipinski definition) is 2. The third-order valence-corrected chi connectivity index (χ3v) is 3.32. The summed E-state index contributed by atoms with van der Waals surface area (Å²) in [5.74, 6) is 0.484. The van der Waals surface area contributed by atoms with E-state index in [-0.39, 0.29) is 5.91 Å². The number of hydrogen-bond donors (Lipinski definition) is 2. The Morgan fingerprint density at radius 1 is 1.44 bits per heavy atom. The van der Waals surface area contributed by atoms with Gasteiger partial charge in [0.2, 0.25) is 5.91 Å². The van der Waals surface area contributed by atoms with Crippen molar-refractivity contribution < 1.29 is 4.79 Å². The van der Waals surface area contributed by atoms with E-state index >= 15 is 0 Å². The van der Waals surface area contributed by atoms with E-state index in [1.54, 1.807) is 0 Å². The summed E-state index contributed by atoms with van der Waals surface area (Å²) in [6.07, 6.45) is 0. The van der Waals surface area contributed by atoms with Gasteiger partial charge in [-0.05, 0) is 29.7 Å². The number of nitrogens with one attached hydrogen (secondary N) is 2. The molecule has 0 unspecified atom stereocenters. The Labute approximate surface area is 121 Å². The Morgan fingerprint density at radius 3 is 2.83 bits per heavy atom. The first-order chi connectivity index (χ1) is 8.49. The highest BCUT2D eigenvalue weighted by atomic mass is 79.9. The molecular formula is C13H18BrClN2O. The number of benzene rings is 1. The third-order valence-electron chi connectivity index (χ3n) is 2.32. The lowest BCUT2D eigenvalue weighted by molar-refractivity contribution is -0.120. The normalized spacial score (nSPS) is 10.7. The molecule has 100 valence electrons. The van der Waals surface area contributed by atoms with Crippen LogP contribution in [0.5, 0.6) is 0 Å². The first-order valence-electron chi connectivity index (χ1n) is 5.90. The lowest BCUT2D eigenvalue weighted by Crippen LogP contribution is -2.35. The molecule has 0 aliphatic heterocycles. The molecule has 0 aliphatic carbocycles. The quantitative estimate of drug-likeness (QED) is 0.840. The number of rotatable bonds is 6. The van der Waals surface area contributed by atoms with Gasteiger partial charge in [0.05, 0.1) is 6.54 Å². The van der Waals surface area contributed by atoms with Gasteiger partial charge in [-0.25, -0.2) is 0 Å². The van der Waals surface area contributed by atoms with Gasteiger partial charge < -0.3 is 10.6 Å². The maximum Gasteiger partial charge on any atom is 0.233 e. The molecule has 0 spiro atoms. The standard InChI is InChI=1S/C13H18BrClN2O/c1-9(2)6-17-13(18)8-16-7-10-5-11(15)3-4-12(10)14/h3-5,9,16H,6-8H2,1-2H3,(H,17,18). The van der Waals surface area contributed by atoms with E-state index in [0.29, 0.717) is 30.6 Å². The van der Waals surface area contributed by atoms with Crippen molar-refractivity contribution >= 4 is 33.4 Å². The molecule has 0 saturated carbocycles. The van der Waals surface area contributed by atoms with Gasteiger partial charge in [-0.2, -0.15) is 0 Å². The second kappa shape index (κ2) is 7.77. The molecule has 0 saturated heterocycles.